The summed E-state index contributed by atoms with van der Waals surface area (Å²) in [6.45, 7) is 0.485. The summed E-state index contributed by atoms with van der Waals surface area (Å²) < 4.78 is 37.6. The molecule has 0 saturated carbocycles. The van der Waals surface area contributed by atoms with E-state index in [9.17, 15) is 12.8 Å². The van der Waals surface area contributed by atoms with Gasteiger partial charge in [0.25, 0.3) is 0 Å². The molecule has 0 N–H and O–H groups in total. The third-order valence-corrected chi connectivity index (χ3v) is 4.22. The molecule has 0 bridgehead atoms. The molecule has 0 radical (unpaired) electrons. The molecule has 1 aromatic carbocycles. The summed E-state index contributed by atoms with van der Waals surface area (Å²) in [4.78, 5) is 4.42. The van der Waals surface area contributed by atoms with Gasteiger partial charge in [-0.25, -0.2) is 17.8 Å². The van der Waals surface area contributed by atoms with Crippen molar-refractivity contribution in [1.82, 2.24) is 9.55 Å². The molecule has 2 aromatic rings. The maximum absolute atomic E-state index is 13.4. The monoisotopic (exact) mass is 318 g/mol. The number of fused-ring (bicyclic) bond motifs is 1. The maximum Gasteiger partial charge on any atom is 0.147 e. The molecule has 0 aliphatic heterocycles. The molecule has 0 amide bonds. The number of aryl methyl sites for hydroxylation is 2. The molecular formula is C13H16ClFN2O2S. The Morgan fingerprint density at radius 3 is 2.80 bits per heavy atom. The molecule has 110 valence electrons. The van der Waals surface area contributed by atoms with Crippen LogP contribution in [0.4, 0.5) is 4.39 Å². The second kappa shape index (κ2) is 6.10. The predicted molar refractivity (Wildman–Crippen MR) is 78.4 cm³/mol. The minimum atomic E-state index is -3.00. The zero-order chi connectivity index (χ0) is 14.8. The SMILES string of the molecule is CS(=O)(=O)CCCn1c(CCCl)nc2ccc(F)cc21. The lowest BCUT2D eigenvalue weighted by Gasteiger charge is -2.08. The molecule has 1 heterocycles. The summed E-state index contributed by atoms with van der Waals surface area (Å²) in [6, 6.07) is 4.40. The van der Waals surface area contributed by atoms with Gasteiger partial charge in [0.05, 0.1) is 16.8 Å². The number of hydrogen-bond acceptors (Lipinski definition) is 3. The highest BCUT2D eigenvalue weighted by Crippen LogP contribution is 2.19. The van der Waals surface area contributed by atoms with Crippen molar-refractivity contribution in [3.8, 4) is 0 Å². The van der Waals surface area contributed by atoms with Crippen LogP contribution in [-0.2, 0) is 22.8 Å². The normalized spacial score (nSPS) is 12.2. The Balaban J connectivity index is 2.32. The van der Waals surface area contributed by atoms with Crippen LogP contribution in [-0.4, -0.2) is 35.9 Å². The van der Waals surface area contributed by atoms with Crippen molar-refractivity contribution in [2.75, 3.05) is 17.9 Å². The van der Waals surface area contributed by atoms with E-state index in [0.717, 1.165) is 5.82 Å². The number of halogens is 2. The Morgan fingerprint density at radius 1 is 1.40 bits per heavy atom. The van der Waals surface area contributed by atoms with Crippen molar-refractivity contribution < 1.29 is 12.8 Å². The highest BCUT2D eigenvalue weighted by molar-refractivity contribution is 7.90. The first-order valence-electron chi connectivity index (χ1n) is 6.29. The lowest BCUT2D eigenvalue weighted by molar-refractivity contribution is 0.590. The third kappa shape index (κ3) is 3.70. The smallest absolute Gasteiger partial charge is 0.147 e. The average Bonchev–Trinajstić information content (AvgIpc) is 2.66. The fourth-order valence-electron chi connectivity index (χ4n) is 2.16. The average molecular weight is 319 g/mol. The van der Waals surface area contributed by atoms with Crippen molar-refractivity contribution >= 4 is 32.5 Å². The van der Waals surface area contributed by atoms with Gasteiger partial charge in [-0.05, 0) is 24.6 Å². The fraction of sp³-hybridized carbons (Fsp3) is 0.462. The van der Waals surface area contributed by atoms with Gasteiger partial charge < -0.3 is 4.57 Å². The molecule has 4 nitrogen and oxygen atoms in total. The van der Waals surface area contributed by atoms with Crippen LogP contribution < -0.4 is 0 Å². The van der Waals surface area contributed by atoms with E-state index >= 15 is 0 Å². The van der Waals surface area contributed by atoms with E-state index in [-0.39, 0.29) is 11.6 Å². The Morgan fingerprint density at radius 2 is 2.15 bits per heavy atom. The molecule has 7 heteroatoms. The third-order valence-electron chi connectivity index (χ3n) is 3.00. The zero-order valence-corrected chi connectivity index (χ0v) is 12.7. The van der Waals surface area contributed by atoms with Crippen LogP contribution in [0.25, 0.3) is 11.0 Å². The van der Waals surface area contributed by atoms with Crippen LogP contribution in [0.15, 0.2) is 18.2 Å². The summed E-state index contributed by atoms with van der Waals surface area (Å²) in [7, 11) is -3.00. The van der Waals surface area contributed by atoms with E-state index < -0.39 is 9.84 Å². The first kappa shape index (κ1) is 15.3. The highest BCUT2D eigenvalue weighted by atomic mass is 35.5. The number of rotatable bonds is 6. The van der Waals surface area contributed by atoms with Crippen molar-refractivity contribution in [2.24, 2.45) is 0 Å². The van der Waals surface area contributed by atoms with E-state index in [1.54, 1.807) is 6.07 Å². The number of hydrogen-bond donors (Lipinski definition) is 0. The number of benzene rings is 1. The number of nitrogens with zero attached hydrogens (tertiary/aromatic N) is 2. The van der Waals surface area contributed by atoms with Gasteiger partial charge in [0.1, 0.15) is 21.5 Å². The van der Waals surface area contributed by atoms with Gasteiger partial charge in [0.15, 0.2) is 0 Å². The second-order valence-electron chi connectivity index (χ2n) is 4.74. The van der Waals surface area contributed by atoms with Crippen LogP contribution >= 0.6 is 11.6 Å². The molecule has 0 atom stereocenters. The van der Waals surface area contributed by atoms with Crippen LogP contribution in [0.5, 0.6) is 0 Å². The highest BCUT2D eigenvalue weighted by Gasteiger charge is 2.12. The standard InChI is InChI=1S/C13H16ClFN2O2S/c1-20(18,19)8-2-7-17-12-9-10(15)3-4-11(12)16-13(17)5-6-14/h3-4,9H,2,5-8H2,1H3. The quantitative estimate of drug-likeness (QED) is 0.768. The summed E-state index contributed by atoms with van der Waals surface area (Å²) in [5.41, 5.74) is 1.38. The summed E-state index contributed by atoms with van der Waals surface area (Å²) in [6.07, 6.45) is 2.24. The first-order valence-corrected chi connectivity index (χ1v) is 8.88. The molecular weight excluding hydrogens is 303 g/mol. The number of imidazole rings is 1. The first-order chi connectivity index (χ1) is 9.40. The minimum Gasteiger partial charge on any atom is -0.328 e. The molecule has 1 aromatic heterocycles. The second-order valence-corrected chi connectivity index (χ2v) is 7.37. The Hall–Kier alpha value is -1.14. The van der Waals surface area contributed by atoms with E-state index in [4.69, 9.17) is 11.6 Å². The minimum absolute atomic E-state index is 0.0995. The Labute approximate surface area is 122 Å². The van der Waals surface area contributed by atoms with Gasteiger partial charge in [0.2, 0.25) is 0 Å². The lowest BCUT2D eigenvalue weighted by Crippen LogP contribution is -2.10. The molecule has 0 spiro atoms. The molecule has 0 unspecified atom stereocenters. The van der Waals surface area contributed by atoms with Crippen molar-refractivity contribution in [2.45, 2.75) is 19.4 Å². The van der Waals surface area contributed by atoms with Gasteiger partial charge in [0, 0.05) is 25.1 Å². The van der Waals surface area contributed by atoms with Crippen LogP contribution in [0.2, 0.25) is 0 Å². The van der Waals surface area contributed by atoms with Crippen LogP contribution in [0.3, 0.4) is 0 Å². The Kier molecular flexibility index (Phi) is 4.65. The molecule has 20 heavy (non-hydrogen) atoms. The van der Waals surface area contributed by atoms with Crippen LogP contribution in [0, 0.1) is 5.82 Å². The van der Waals surface area contributed by atoms with E-state index in [1.807, 2.05) is 4.57 Å². The topological polar surface area (TPSA) is 52.0 Å². The zero-order valence-electron chi connectivity index (χ0n) is 11.1. The maximum atomic E-state index is 13.4. The summed E-state index contributed by atoms with van der Waals surface area (Å²) >= 11 is 5.75. The van der Waals surface area contributed by atoms with Crippen molar-refractivity contribution in [3.63, 3.8) is 0 Å². The summed E-state index contributed by atoms with van der Waals surface area (Å²) in [5.74, 6) is 0.938. The lowest BCUT2D eigenvalue weighted by atomic mass is 10.3. The number of alkyl halides is 1. The molecule has 0 fully saturated rings. The number of aromatic nitrogens is 2. The van der Waals surface area contributed by atoms with Gasteiger partial charge >= 0.3 is 0 Å². The van der Waals surface area contributed by atoms with Crippen molar-refractivity contribution in [1.29, 1.82) is 0 Å². The van der Waals surface area contributed by atoms with Gasteiger partial charge in [-0.1, -0.05) is 0 Å². The molecule has 0 aliphatic carbocycles. The Bertz CT molecular complexity index is 712. The predicted octanol–water partition coefficient (Wildman–Crippen LogP) is 2.39. The van der Waals surface area contributed by atoms with E-state index in [0.29, 0.717) is 36.3 Å². The van der Waals surface area contributed by atoms with Gasteiger partial charge in [-0.2, -0.15) is 0 Å². The molecule has 0 aliphatic rings. The van der Waals surface area contributed by atoms with Gasteiger partial charge in [-0.3, -0.25) is 0 Å². The molecule has 0 saturated heterocycles. The summed E-state index contributed by atoms with van der Waals surface area (Å²) in [5, 5.41) is 0. The fourth-order valence-corrected chi connectivity index (χ4v) is 2.98. The van der Waals surface area contributed by atoms with E-state index in [1.165, 1.54) is 18.4 Å². The van der Waals surface area contributed by atoms with Crippen molar-refractivity contribution in [3.05, 3.63) is 29.8 Å². The molecule has 2 rings (SSSR count). The van der Waals surface area contributed by atoms with E-state index in [2.05, 4.69) is 4.98 Å². The van der Waals surface area contributed by atoms with Gasteiger partial charge in [-0.15, -0.1) is 11.6 Å². The largest absolute Gasteiger partial charge is 0.328 e. The number of sulfone groups is 1. The van der Waals surface area contributed by atoms with Crippen LogP contribution in [0.1, 0.15) is 12.2 Å².